The Morgan fingerprint density at radius 2 is 1.90 bits per heavy atom. The van der Waals surface area contributed by atoms with Gasteiger partial charge in [-0.05, 0) is 11.6 Å². The molecule has 1 saturated heterocycles. The number of rotatable bonds is 4. The Kier molecular flexibility index (Phi) is 5.12. The van der Waals surface area contributed by atoms with Crippen molar-refractivity contribution < 1.29 is 13.3 Å². The average Bonchev–Trinajstić information content (AvgIpc) is 2.53. The van der Waals surface area contributed by atoms with Gasteiger partial charge in [-0.1, -0.05) is 30.3 Å². The molecular weight excluding hydrogens is 286 g/mol. The number of benzene rings is 1. The lowest BCUT2D eigenvalue weighted by molar-refractivity contribution is -0.918. The van der Waals surface area contributed by atoms with Gasteiger partial charge in [0.25, 0.3) is 0 Å². The summed E-state index contributed by atoms with van der Waals surface area (Å²) in [5, 5.41) is 10.2. The van der Waals surface area contributed by atoms with Gasteiger partial charge in [0.05, 0.1) is 26.2 Å². The van der Waals surface area contributed by atoms with Gasteiger partial charge in [-0.25, -0.2) is 8.42 Å². The average molecular weight is 306 g/mol. The Balaban J connectivity index is 1.99. The van der Waals surface area contributed by atoms with Gasteiger partial charge in [0.2, 0.25) is 10.0 Å². The Bertz CT molecular complexity index is 627. The summed E-state index contributed by atoms with van der Waals surface area (Å²) < 4.78 is 26.0. The van der Waals surface area contributed by atoms with E-state index in [9.17, 15) is 8.42 Å². The maximum Gasteiger partial charge on any atom is 0.236 e. The molecule has 0 aromatic heterocycles. The molecule has 5 nitrogen and oxygen atoms in total. The van der Waals surface area contributed by atoms with Crippen molar-refractivity contribution in [2.24, 2.45) is 0 Å². The van der Waals surface area contributed by atoms with Gasteiger partial charge in [0.15, 0.2) is 6.04 Å². The molecule has 112 valence electrons. The smallest absolute Gasteiger partial charge is 0.236 e. The van der Waals surface area contributed by atoms with E-state index in [0.29, 0.717) is 26.2 Å². The van der Waals surface area contributed by atoms with Crippen molar-refractivity contribution in [1.29, 1.82) is 5.26 Å². The third-order valence-corrected chi connectivity index (χ3v) is 5.33. The first-order valence-corrected chi connectivity index (χ1v) is 8.51. The summed E-state index contributed by atoms with van der Waals surface area (Å²) in [6.45, 7) is 4.14. The van der Waals surface area contributed by atoms with Gasteiger partial charge in [-0.15, -0.1) is 0 Å². The van der Waals surface area contributed by atoms with Crippen molar-refractivity contribution in [1.82, 2.24) is 4.31 Å². The van der Waals surface area contributed by atoms with E-state index in [1.165, 1.54) is 9.71 Å². The lowest BCUT2D eigenvalue weighted by Gasteiger charge is -2.31. The number of piperazine rings is 1. The number of nitrogens with zero attached hydrogens (tertiary/aromatic N) is 2. The van der Waals surface area contributed by atoms with Crippen LogP contribution in [0.3, 0.4) is 0 Å². The normalized spacial score (nSPS) is 19.4. The number of sulfonamides is 1. The van der Waals surface area contributed by atoms with Gasteiger partial charge in [-0.3, -0.25) is 0 Å². The highest BCUT2D eigenvalue weighted by Gasteiger charge is 2.29. The van der Waals surface area contributed by atoms with E-state index in [2.05, 4.69) is 6.07 Å². The zero-order valence-corrected chi connectivity index (χ0v) is 12.9. The lowest BCUT2D eigenvalue weighted by atomic mass is 10.2. The molecule has 1 aromatic carbocycles. The summed E-state index contributed by atoms with van der Waals surface area (Å²) in [6, 6.07) is 11.5. The molecule has 0 spiro atoms. The second-order valence-electron chi connectivity index (χ2n) is 5.17. The third-order valence-electron chi connectivity index (χ3n) is 3.76. The van der Waals surface area contributed by atoms with E-state index >= 15 is 0 Å². The van der Waals surface area contributed by atoms with Gasteiger partial charge in [0.1, 0.15) is 6.07 Å². The van der Waals surface area contributed by atoms with Gasteiger partial charge < -0.3 is 4.90 Å². The van der Waals surface area contributed by atoms with Crippen molar-refractivity contribution in [2.75, 3.05) is 26.2 Å². The highest BCUT2D eigenvalue weighted by molar-refractivity contribution is 7.92. The van der Waals surface area contributed by atoms with Gasteiger partial charge >= 0.3 is 0 Å². The summed E-state index contributed by atoms with van der Waals surface area (Å²) >= 11 is 0. The van der Waals surface area contributed by atoms with Crippen LogP contribution in [0.4, 0.5) is 0 Å². The van der Waals surface area contributed by atoms with Gasteiger partial charge in [-0.2, -0.15) is 9.57 Å². The Hall–Kier alpha value is -1.68. The van der Waals surface area contributed by atoms with Crippen molar-refractivity contribution >= 4 is 16.1 Å². The molecular formula is C15H20N3O2S+. The van der Waals surface area contributed by atoms with E-state index in [0.717, 1.165) is 10.5 Å². The van der Waals surface area contributed by atoms with Crippen molar-refractivity contribution in [3.8, 4) is 6.07 Å². The molecule has 1 heterocycles. The summed E-state index contributed by atoms with van der Waals surface area (Å²) in [7, 11) is -3.38. The minimum Gasteiger partial charge on any atom is -0.319 e. The molecule has 0 radical (unpaired) electrons. The number of quaternary nitrogens is 1. The molecule has 2 rings (SSSR count). The molecule has 0 aliphatic carbocycles. The van der Waals surface area contributed by atoms with Crippen LogP contribution in [-0.4, -0.2) is 44.9 Å². The monoisotopic (exact) mass is 306 g/mol. The highest BCUT2D eigenvalue weighted by Crippen LogP contribution is 2.08. The molecule has 1 aromatic rings. The van der Waals surface area contributed by atoms with Crippen LogP contribution in [0.2, 0.25) is 0 Å². The molecule has 1 aliphatic rings. The Morgan fingerprint density at radius 3 is 2.48 bits per heavy atom. The Morgan fingerprint density at radius 1 is 1.29 bits per heavy atom. The van der Waals surface area contributed by atoms with Crippen molar-refractivity contribution in [2.45, 2.75) is 13.0 Å². The predicted octanol–water partition coefficient (Wildman–Crippen LogP) is 0.0997. The van der Waals surface area contributed by atoms with Crippen LogP contribution in [0.5, 0.6) is 0 Å². The van der Waals surface area contributed by atoms with E-state index in [-0.39, 0.29) is 6.04 Å². The van der Waals surface area contributed by atoms with E-state index in [1.54, 1.807) is 6.08 Å². The minimum absolute atomic E-state index is 0.0882. The summed E-state index contributed by atoms with van der Waals surface area (Å²) in [4.78, 5) is 1.15. The molecule has 6 heteroatoms. The van der Waals surface area contributed by atoms with Crippen LogP contribution in [-0.2, 0) is 10.0 Å². The zero-order chi connectivity index (χ0) is 15.3. The maximum absolute atomic E-state index is 12.3. The molecule has 21 heavy (non-hydrogen) atoms. The first-order chi connectivity index (χ1) is 10.0. The highest BCUT2D eigenvalue weighted by atomic mass is 32.2. The molecule has 1 atom stereocenters. The molecule has 1 N–H and O–H groups in total. The minimum atomic E-state index is -3.38. The lowest BCUT2D eigenvalue weighted by Crippen LogP contribution is -3.17. The second kappa shape index (κ2) is 6.85. The SMILES string of the molecule is C[C@@H](C#N)[NH+]1CCN(S(=O)(=O)/C=C/c2ccccc2)CC1. The molecule has 1 fully saturated rings. The number of nitrogens with one attached hydrogen (secondary N) is 1. The quantitative estimate of drug-likeness (QED) is 0.858. The third kappa shape index (κ3) is 4.14. The first kappa shape index (κ1) is 15.7. The topological polar surface area (TPSA) is 65.6 Å². The van der Waals surface area contributed by atoms with E-state index < -0.39 is 10.0 Å². The van der Waals surface area contributed by atoms with E-state index in [1.807, 2.05) is 37.3 Å². The summed E-state index contributed by atoms with van der Waals surface area (Å²) in [5.74, 6) is 0. The predicted molar refractivity (Wildman–Crippen MR) is 81.7 cm³/mol. The number of hydrogen-bond acceptors (Lipinski definition) is 3. The Labute approximate surface area is 126 Å². The van der Waals surface area contributed by atoms with Crippen LogP contribution in [0, 0.1) is 11.3 Å². The van der Waals surface area contributed by atoms with Crippen LogP contribution in [0.25, 0.3) is 6.08 Å². The zero-order valence-electron chi connectivity index (χ0n) is 12.1. The van der Waals surface area contributed by atoms with E-state index in [4.69, 9.17) is 5.26 Å². The first-order valence-electron chi connectivity index (χ1n) is 7.00. The van der Waals surface area contributed by atoms with Gasteiger partial charge in [0, 0.05) is 12.3 Å². The molecule has 0 bridgehead atoms. The maximum atomic E-state index is 12.3. The number of hydrogen-bond donors (Lipinski definition) is 1. The number of nitriles is 1. The van der Waals surface area contributed by atoms with Crippen LogP contribution < -0.4 is 4.90 Å². The molecule has 0 saturated carbocycles. The molecule has 0 unspecified atom stereocenters. The molecule has 1 aliphatic heterocycles. The van der Waals surface area contributed by atoms with Crippen LogP contribution in [0.15, 0.2) is 35.7 Å². The molecule has 0 amide bonds. The largest absolute Gasteiger partial charge is 0.319 e. The fourth-order valence-electron chi connectivity index (χ4n) is 2.37. The fraction of sp³-hybridized carbons (Fsp3) is 0.400. The van der Waals surface area contributed by atoms with Crippen LogP contribution >= 0.6 is 0 Å². The second-order valence-corrected chi connectivity index (χ2v) is 6.98. The fourth-order valence-corrected chi connectivity index (χ4v) is 3.56. The summed E-state index contributed by atoms with van der Waals surface area (Å²) in [5.41, 5.74) is 0.864. The van der Waals surface area contributed by atoms with Crippen LogP contribution in [0.1, 0.15) is 12.5 Å². The standard InChI is InChI=1S/C15H19N3O2S/c1-14(13-16)17-8-10-18(11-9-17)21(19,20)12-7-15-5-3-2-4-6-15/h2-7,12,14H,8-11H2,1H3/p+1/b12-7+/t14-/m0/s1. The summed E-state index contributed by atoms with van der Waals surface area (Å²) in [6.07, 6.45) is 1.62. The van der Waals surface area contributed by atoms with Crippen molar-refractivity contribution in [3.63, 3.8) is 0 Å². The van der Waals surface area contributed by atoms with Crippen molar-refractivity contribution in [3.05, 3.63) is 41.3 Å².